The smallest absolute Gasteiger partial charge is 0.265 e. The topological polar surface area (TPSA) is 90.9 Å². The van der Waals surface area contributed by atoms with Gasteiger partial charge in [0.15, 0.2) is 5.84 Å². The summed E-state index contributed by atoms with van der Waals surface area (Å²) in [6.07, 6.45) is -4.54. The third-order valence-corrected chi connectivity index (χ3v) is 1.48. The van der Waals surface area contributed by atoms with Crippen molar-refractivity contribution in [2.24, 2.45) is 10.9 Å². The second-order valence-electron chi connectivity index (χ2n) is 2.56. The van der Waals surface area contributed by atoms with Crippen molar-refractivity contribution in [2.45, 2.75) is 25.5 Å². The maximum absolute atomic E-state index is 11.8. The van der Waals surface area contributed by atoms with E-state index in [0.29, 0.717) is 0 Å². The minimum Gasteiger partial charge on any atom is -0.409 e. The largest absolute Gasteiger partial charge is 0.409 e. The Hall–Kier alpha value is -0.950. The summed E-state index contributed by atoms with van der Waals surface area (Å²) in [4.78, 5) is 0. The fourth-order valence-electron chi connectivity index (χ4n) is 0.578. The molecular formula is C6H13F2N3O2. The maximum atomic E-state index is 11.8. The van der Waals surface area contributed by atoms with Crippen LogP contribution in [0.15, 0.2) is 5.16 Å². The number of halogens is 2. The van der Waals surface area contributed by atoms with E-state index in [9.17, 15) is 8.78 Å². The van der Waals surface area contributed by atoms with Crippen LogP contribution < -0.4 is 11.1 Å². The molecule has 7 heteroatoms. The first-order valence-corrected chi connectivity index (χ1v) is 3.66. The predicted molar refractivity (Wildman–Crippen MR) is 42.9 cm³/mol. The molecule has 0 heterocycles. The second-order valence-corrected chi connectivity index (χ2v) is 2.56. The summed E-state index contributed by atoms with van der Waals surface area (Å²) < 4.78 is 23.5. The summed E-state index contributed by atoms with van der Waals surface area (Å²) in [7, 11) is 0. The Morgan fingerprint density at radius 3 is 2.54 bits per heavy atom. The van der Waals surface area contributed by atoms with Crippen LogP contribution in [-0.4, -0.2) is 41.3 Å². The first-order chi connectivity index (χ1) is 5.99. The van der Waals surface area contributed by atoms with Crippen LogP contribution in [0, 0.1) is 0 Å². The van der Waals surface area contributed by atoms with Crippen LogP contribution in [0.2, 0.25) is 0 Å². The Kier molecular flexibility index (Phi) is 5.24. The van der Waals surface area contributed by atoms with Crippen molar-refractivity contribution in [3.63, 3.8) is 0 Å². The number of aliphatic hydroxyl groups excluding tert-OH is 1. The van der Waals surface area contributed by atoms with E-state index in [1.165, 1.54) is 6.92 Å². The zero-order valence-corrected chi connectivity index (χ0v) is 7.11. The standard InChI is InChI=1S/C6H13F2N3O2/c1-3(6(9)11-13)10-2-4(12)5(7)8/h3-5,10,12-13H,2H2,1H3,(H2,9,11). The summed E-state index contributed by atoms with van der Waals surface area (Å²) >= 11 is 0. The normalized spacial score (nSPS) is 17.5. The molecule has 0 spiro atoms. The fraction of sp³-hybridized carbons (Fsp3) is 0.833. The Morgan fingerprint density at radius 2 is 2.15 bits per heavy atom. The molecule has 2 atom stereocenters. The van der Waals surface area contributed by atoms with Crippen molar-refractivity contribution >= 4 is 5.84 Å². The average molecular weight is 197 g/mol. The third-order valence-electron chi connectivity index (χ3n) is 1.48. The highest BCUT2D eigenvalue weighted by Gasteiger charge is 2.17. The number of alkyl halides is 2. The fourth-order valence-corrected chi connectivity index (χ4v) is 0.578. The molecule has 0 aliphatic heterocycles. The number of nitrogens with two attached hydrogens (primary N) is 1. The summed E-state index contributed by atoms with van der Waals surface area (Å²) in [5.41, 5.74) is 5.15. The quantitative estimate of drug-likeness (QED) is 0.204. The van der Waals surface area contributed by atoms with E-state index in [1.807, 2.05) is 0 Å². The van der Waals surface area contributed by atoms with Crippen LogP contribution in [0.25, 0.3) is 0 Å². The van der Waals surface area contributed by atoms with E-state index in [1.54, 1.807) is 0 Å². The zero-order valence-electron chi connectivity index (χ0n) is 7.11. The Morgan fingerprint density at radius 1 is 1.62 bits per heavy atom. The highest BCUT2D eigenvalue weighted by molar-refractivity contribution is 5.84. The van der Waals surface area contributed by atoms with Crippen LogP contribution in [0.4, 0.5) is 8.78 Å². The second kappa shape index (κ2) is 5.65. The lowest BCUT2D eigenvalue weighted by Crippen LogP contribution is -2.44. The van der Waals surface area contributed by atoms with Crippen molar-refractivity contribution in [3.8, 4) is 0 Å². The van der Waals surface area contributed by atoms with E-state index in [2.05, 4.69) is 10.5 Å². The van der Waals surface area contributed by atoms with Crippen molar-refractivity contribution in [1.82, 2.24) is 5.32 Å². The number of hydrogen-bond acceptors (Lipinski definition) is 4. The molecule has 0 aromatic heterocycles. The highest BCUT2D eigenvalue weighted by Crippen LogP contribution is 1.98. The lowest BCUT2D eigenvalue weighted by molar-refractivity contribution is -0.00360. The number of aliphatic hydroxyl groups is 1. The van der Waals surface area contributed by atoms with Gasteiger partial charge in [-0.15, -0.1) is 0 Å². The molecule has 5 nitrogen and oxygen atoms in total. The lowest BCUT2D eigenvalue weighted by Gasteiger charge is -2.15. The van der Waals surface area contributed by atoms with Gasteiger partial charge in [0.25, 0.3) is 6.43 Å². The summed E-state index contributed by atoms with van der Waals surface area (Å²) in [5.74, 6) is -0.124. The van der Waals surface area contributed by atoms with Gasteiger partial charge >= 0.3 is 0 Å². The van der Waals surface area contributed by atoms with Gasteiger partial charge in [-0.25, -0.2) is 8.78 Å². The van der Waals surface area contributed by atoms with Crippen molar-refractivity contribution < 1.29 is 19.1 Å². The van der Waals surface area contributed by atoms with Gasteiger partial charge in [-0.3, -0.25) is 0 Å². The third kappa shape index (κ3) is 4.58. The average Bonchev–Trinajstić information content (AvgIpc) is 2.11. The minimum absolute atomic E-state index is 0.124. The summed E-state index contributed by atoms with van der Waals surface area (Å²) in [6, 6.07) is -0.557. The highest BCUT2D eigenvalue weighted by atomic mass is 19.3. The van der Waals surface area contributed by atoms with Crippen LogP contribution >= 0.6 is 0 Å². The Balaban J connectivity index is 3.76. The number of hydrogen-bond donors (Lipinski definition) is 4. The van der Waals surface area contributed by atoms with Gasteiger partial charge in [-0.1, -0.05) is 5.16 Å². The van der Waals surface area contributed by atoms with Crippen LogP contribution in [0.3, 0.4) is 0 Å². The summed E-state index contributed by atoms with van der Waals surface area (Å²) in [5, 5.41) is 22.0. The molecule has 5 N–H and O–H groups in total. The van der Waals surface area contributed by atoms with Gasteiger partial charge in [0.1, 0.15) is 6.10 Å². The molecule has 0 rings (SSSR count). The van der Waals surface area contributed by atoms with E-state index in [4.69, 9.17) is 16.0 Å². The molecular weight excluding hydrogens is 184 g/mol. The van der Waals surface area contributed by atoms with E-state index in [0.717, 1.165) is 0 Å². The van der Waals surface area contributed by atoms with E-state index in [-0.39, 0.29) is 12.4 Å². The van der Waals surface area contributed by atoms with E-state index >= 15 is 0 Å². The van der Waals surface area contributed by atoms with Crippen LogP contribution in [0.5, 0.6) is 0 Å². The van der Waals surface area contributed by atoms with Gasteiger partial charge < -0.3 is 21.4 Å². The number of amidine groups is 1. The van der Waals surface area contributed by atoms with Gasteiger partial charge in [-0.05, 0) is 6.92 Å². The van der Waals surface area contributed by atoms with Crippen molar-refractivity contribution in [1.29, 1.82) is 0 Å². The lowest BCUT2D eigenvalue weighted by atomic mass is 10.3. The molecule has 0 aromatic carbocycles. The Bertz CT molecular complexity index is 177. The molecule has 0 saturated carbocycles. The number of oxime groups is 1. The van der Waals surface area contributed by atoms with Gasteiger partial charge in [0.2, 0.25) is 0 Å². The molecule has 0 aliphatic rings. The molecule has 13 heavy (non-hydrogen) atoms. The van der Waals surface area contributed by atoms with E-state index < -0.39 is 18.6 Å². The first kappa shape index (κ1) is 12.0. The minimum atomic E-state index is -2.80. The first-order valence-electron chi connectivity index (χ1n) is 3.66. The van der Waals surface area contributed by atoms with Crippen molar-refractivity contribution in [2.75, 3.05) is 6.54 Å². The molecule has 0 amide bonds. The predicted octanol–water partition coefficient (Wildman–Crippen LogP) is -0.663. The van der Waals surface area contributed by atoms with Crippen LogP contribution in [-0.2, 0) is 0 Å². The molecule has 78 valence electrons. The van der Waals surface area contributed by atoms with Gasteiger partial charge in [-0.2, -0.15) is 0 Å². The SMILES string of the molecule is CC(NCC(O)C(F)F)C(N)=NO. The summed E-state index contributed by atoms with van der Waals surface area (Å²) in [6.45, 7) is 1.21. The molecule has 0 fully saturated rings. The van der Waals surface area contributed by atoms with Crippen LogP contribution in [0.1, 0.15) is 6.92 Å². The molecule has 0 saturated heterocycles. The molecule has 2 unspecified atom stereocenters. The monoisotopic (exact) mass is 197 g/mol. The molecule has 0 bridgehead atoms. The number of rotatable bonds is 5. The van der Waals surface area contributed by atoms with Gasteiger partial charge in [0, 0.05) is 6.54 Å². The molecule has 0 radical (unpaired) electrons. The number of nitrogens with one attached hydrogen (secondary N) is 1. The van der Waals surface area contributed by atoms with Crippen molar-refractivity contribution in [3.05, 3.63) is 0 Å². The Labute approximate surface area is 74.2 Å². The van der Waals surface area contributed by atoms with Gasteiger partial charge in [0.05, 0.1) is 6.04 Å². The molecule has 0 aliphatic carbocycles. The zero-order chi connectivity index (χ0) is 10.4. The maximum Gasteiger partial charge on any atom is 0.265 e. The number of nitrogens with zero attached hydrogens (tertiary/aromatic N) is 1. The molecule has 0 aromatic rings.